The van der Waals surface area contributed by atoms with Crippen LogP contribution in [0.15, 0.2) is 60.7 Å². The predicted octanol–water partition coefficient (Wildman–Crippen LogP) is -4.32. The molecular weight excluding hydrogens is 971 g/mol. The van der Waals surface area contributed by atoms with Gasteiger partial charge in [-0.3, -0.25) is 52.7 Å². The van der Waals surface area contributed by atoms with Crippen molar-refractivity contribution >= 4 is 65.0 Å². The summed E-state index contributed by atoms with van der Waals surface area (Å²) in [5.74, 6) is -9.90. The van der Waals surface area contributed by atoms with E-state index in [1.54, 1.807) is 60.7 Å². The molecule has 0 spiro atoms. The number of carbonyl (C=O) groups excluding carboxylic acids is 10. The topological polar surface area (TPSA) is 415 Å². The van der Waals surface area contributed by atoms with E-state index in [1.165, 1.54) is 6.92 Å². The Kier molecular flexibility index (Phi) is 26.7. The average Bonchev–Trinajstić information content (AvgIpc) is 3.94. The maximum Gasteiger partial charge on any atom is 0.325 e. The Bertz CT molecular complexity index is 2220. The fraction of sp³-hybridized carbons (Fsp3) is 0.521. The van der Waals surface area contributed by atoms with E-state index in [2.05, 4.69) is 53.2 Å². The number of carbonyl (C=O) groups is 11. The molecule has 0 radical (unpaired) electrons. The van der Waals surface area contributed by atoms with Gasteiger partial charge in [0.05, 0.1) is 25.9 Å². The Labute approximate surface area is 426 Å². The fourth-order valence-corrected chi connectivity index (χ4v) is 7.33. The molecule has 74 heavy (non-hydrogen) atoms. The van der Waals surface area contributed by atoms with Gasteiger partial charge in [0.1, 0.15) is 42.3 Å². The van der Waals surface area contributed by atoms with E-state index < -0.39 is 134 Å². The zero-order valence-corrected chi connectivity index (χ0v) is 41.1. The highest BCUT2D eigenvalue weighted by Gasteiger charge is 2.34. The van der Waals surface area contributed by atoms with Crippen LogP contribution >= 0.6 is 0 Å². The third kappa shape index (κ3) is 21.3. The second-order valence-electron chi connectivity index (χ2n) is 17.4. The van der Waals surface area contributed by atoms with Crippen LogP contribution in [0.3, 0.4) is 0 Å². The highest BCUT2D eigenvalue weighted by molar-refractivity contribution is 5.98. The summed E-state index contributed by atoms with van der Waals surface area (Å²) in [5.41, 5.74) is 6.10. The normalized spacial score (nSPS) is 15.7. The van der Waals surface area contributed by atoms with Crippen molar-refractivity contribution in [1.82, 2.24) is 53.2 Å². The molecule has 0 aliphatic carbocycles. The first-order valence-electron chi connectivity index (χ1n) is 24.2. The first-order chi connectivity index (χ1) is 35.4. The van der Waals surface area contributed by atoms with Crippen LogP contribution in [-0.2, 0) is 43.2 Å². The number of benzene rings is 2. The number of primary amides is 1. The number of aliphatic hydroxyl groups is 3. The van der Waals surface area contributed by atoms with Crippen molar-refractivity contribution in [3.05, 3.63) is 71.8 Å². The lowest BCUT2D eigenvalue weighted by atomic mass is 10.1. The summed E-state index contributed by atoms with van der Waals surface area (Å²) < 4.78 is 0. The summed E-state index contributed by atoms with van der Waals surface area (Å²) in [6.45, 7) is -0.943. The molecule has 26 nitrogen and oxygen atoms in total. The van der Waals surface area contributed by atoms with E-state index >= 15 is 0 Å². The van der Waals surface area contributed by atoms with Crippen LogP contribution in [0, 0.1) is 0 Å². The van der Waals surface area contributed by atoms with Crippen LogP contribution in [0.1, 0.15) is 91.8 Å². The molecule has 2 aromatic carbocycles. The van der Waals surface area contributed by atoms with E-state index in [4.69, 9.17) is 5.73 Å². The molecule has 0 bridgehead atoms. The maximum absolute atomic E-state index is 14.0. The van der Waals surface area contributed by atoms with Crippen molar-refractivity contribution in [2.24, 2.45) is 5.73 Å². The Balaban J connectivity index is 1.76. The molecule has 406 valence electrons. The highest BCUT2D eigenvalue weighted by Crippen LogP contribution is 2.09. The van der Waals surface area contributed by atoms with Crippen LogP contribution in [-0.4, -0.2) is 173 Å². The molecular formula is C48H69N11O15. The van der Waals surface area contributed by atoms with Crippen molar-refractivity contribution in [2.45, 2.75) is 119 Å². The van der Waals surface area contributed by atoms with Gasteiger partial charge in [0.15, 0.2) is 0 Å². The van der Waals surface area contributed by atoms with Gasteiger partial charge >= 0.3 is 5.97 Å². The van der Waals surface area contributed by atoms with Gasteiger partial charge in [0.2, 0.25) is 47.3 Å². The summed E-state index contributed by atoms with van der Waals surface area (Å²) in [7, 11) is 0. The number of hydrogen-bond donors (Lipinski definition) is 15. The van der Waals surface area contributed by atoms with Crippen LogP contribution in [0.25, 0.3) is 0 Å². The van der Waals surface area contributed by atoms with Crippen LogP contribution in [0.4, 0.5) is 0 Å². The van der Waals surface area contributed by atoms with E-state index in [1.807, 2.05) is 0 Å². The molecule has 16 N–H and O–H groups in total. The minimum atomic E-state index is -1.83. The zero-order chi connectivity index (χ0) is 54.6. The molecule has 1 aliphatic heterocycles. The smallest absolute Gasteiger partial charge is 0.325 e. The molecule has 0 saturated carbocycles. The van der Waals surface area contributed by atoms with Gasteiger partial charge in [-0.1, -0.05) is 36.4 Å². The summed E-state index contributed by atoms with van der Waals surface area (Å²) in [4.78, 5) is 142. The average molecular weight is 1040 g/mol. The number of rotatable bonds is 33. The number of unbranched alkanes of at least 4 members (excludes halogenated alkanes) is 2. The number of amides is 10. The molecule has 10 amide bonds. The summed E-state index contributed by atoms with van der Waals surface area (Å²) >= 11 is 0. The molecule has 0 unspecified atom stereocenters. The van der Waals surface area contributed by atoms with Crippen LogP contribution in [0.5, 0.6) is 0 Å². The van der Waals surface area contributed by atoms with E-state index in [-0.39, 0.29) is 57.0 Å². The number of hydrogen-bond acceptors (Lipinski definition) is 15. The van der Waals surface area contributed by atoms with Crippen LogP contribution in [0.2, 0.25) is 0 Å². The number of carboxylic acids is 1. The summed E-state index contributed by atoms with van der Waals surface area (Å²) in [6.07, 6.45) is 0.972. The van der Waals surface area contributed by atoms with Gasteiger partial charge < -0.3 is 79.3 Å². The maximum atomic E-state index is 14.0. The number of aliphatic carboxylic acids is 1. The first-order valence-corrected chi connectivity index (χ1v) is 24.2. The lowest BCUT2D eigenvalue weighted by Gasteiger charge is -2.27. The van der Waals surface area contributed by atoms with Crippen molar-refractivity contribution in [3.8, 4) is 0 Å². The van der Waals surface area contributed by atoms with Crippen molar-refractivity contribution < 1.29 is 73.2 Å². The third-order valence-electron chi connectivity index (χ3n) is 11.6. The molecule has 0 aromatic heterocycles. The number of nitrogens with two attached hydrogens (primary N) is 1. The number of nitrogens with one attached hydrogen (secondary N) is 10. The molecule has 2 aromatic rings. The fourth-order valence-electron chi connectivity index (χ4n) is 7.33. The van der Waals surface area contributed by atoms with E-state index in [0.29, 0.717) is 36.9 Å². The van der Waals surface area contributed by atoms with Crippen molar-refractivity contribution in [2.75, 3.05) is 39.5 Å². The lowest BCUT2D eigenvalue weighted by Crippen LogP contribution is -2.61. The first kappa shape index (κ1) is 60.8. The Morgan fingerprint density at radius 3 is 1.30 bits per heavy atom. The van der Waals surface area contributed by atoms with Gasteiger partial charge in [-0.15, -0.1) is 0 Å². The van der Waals surface area contributed by atoms with Gasteiger partial charge in [-0.05, 0) is 95.5 Å². The highest BCUT2D eigenvalue weighted by atomic mass is 16.4. The Hall–Kier alpha value is -7.55. The molecule has 1 saturated heterocycles. The van der Waals surface area contributed by atoms with Crippen molar-refractivity contribution in [1.29, 1.82) is 0 Å². The largest absolute Gasteiger partial charge is 0.480 e. The molecule has 1 fully saturated rings. The van der Waals surface area contributed by atoms with Gasteiger partial charge in [0, 0.05) is 30.6 Å². The second kappa shape index (κ2) is 32.5. The molecule has 1 heterocycles. The van der Waals surface area contributed by atoms with Gasteiger partial charge in [-0.25, -0.2) is 0 Å². The SMILES string of the molecule is C[C@H](NC(=O)[C@H](CCCCNC(=O)c1ccccc1)NC(=O)[C@H](CO)NC(=O)[C@H](CCCCNC(=O)c1ccccc1)NC(=O)[C@H](CO)NC(=O)[C@H](CCC(N)=O)NC(=O)[C@H](CO)NC(=O)[C@@H]1CCCN1)C(=O)O. The monoisotopic (exact) mass is 1040 g/mol. The standard InChI is InChI=1S/C48H69N11O15/c1-28(48(73)74)53-42(67)32(17-8-10-22-51-39(64)29-13-4-2-5-14-29)54-45(70)36(26-61)58-43(68)33(18-9-11-23-52-40(65)30-15-6-3-7-16-30)55-46(71)37(27-62)59-44(69)34(20-21-38(49)63)56-47(72)35(25-60)57-41(66)31-19-12-24-50-31/h2-7,13-16,28,31-37,50,60-62H,8-12,17-27H2,1H3,(H2,49,63)(H,51,64)(H,52,65)(H,53,67)(H,54,70)(H,55,71)(H,56,72)(H,57,66)(H,58,68)(H,59,69)(H,73,74)/t28-,31-,32-,33-,34-,35-,36-,37-/m0/s1. The van der Waals surface area contributed by atoms with E-state index in [0.717, 1.165) is 0 Å². The molecule has 3 rings (SSSR count). The lowest BCUT2D eigenvalue weighted by molar-refractivity contribution is -0.142. The third-order valence-corrected chi connectivity index (χ3v) is 11.6. The van der Waals surface area contributed by atoms with Crippen molar-refractivity contribution in [3.63, 3.8) is 0 Å². The molecule has 26 heteroatoms. The van der Waals surface area contributed by atoms with Crippen LogP contribution < -0.4 is 58.9 Å². The zero-order valence-electron chi connectivity index (χ0n) is 41.1. The Morgan fingerprint density at radius 2 is 0.919 bits per heavy atom. The Morgan fingerprint density at radius 1 is 0.541 bits per heavy atom. The predicted molar refractivity (Wildman–Crippen MR) is 263 cm³/mol. The van der Waals surface area contributed by atoms with Gasteiger partial charge in [-0.2, -0.15) is 0 Å². The number of aliphatic hydroxyl groups excluding tert-OH is 3. The van der Waals surface area contributed by atoms with Gasteiger partial charge in [0.25, 0.3) is 11.8 Å². The number of carboxylic acid groups (broad SMARTS) is 1. The summed E-state index contributed by atoms with van der Waals surface area (Å²) in [6, 6.07) is 4.98. The molecule has 8 atom stereocenters. The molecule has 1 aliphatic rings. The summed E-state index contributed by atoms with van der Waals surface area (Å²) in [5, 5.41) is 64.7. The van der Waals surface area contributed by atoms with E-state index in [9.17, 15) is 73.2 Å². The minimum Gasteiger partial charge on any atom is -0.480 e. The minimum absolute atomic E-state index is 0.0746. The quantitative estimate of drug-likeness (QED) is 0.0301. The second-order valence-corrected chi connectivity index (χ2v) is 17.4.